The summed E-state index contributed by atoms with van der Waals surface area (Å²) in [5, 5.41) is 42.1. The Bertz CT molecular complexity index is 696. The quantitative estimate of drug-likeness (QED) is 0.132. The van der Waals surface area contributed by atoms with Crippen molar-refractivity contribution in [3.05, 3.63) is 0 Å². The molecule has 0 spiro atoms. The molecule has 0 radical (unpaired) electrons. The van der Waals surface area contributed by atoms with Crippen LogP contribution >= 0.6 is 0 Å². The molecular formula is C17H28N4O10. The Morgan fingerprint density at radius 3 is 1.68 bits per heavy atom. The van der Waals surface area contributed by atoms with Gasteiger partial charge in [-0.3, -0.25) is 24.0 Å². The highest BCUT2D eigenvalue weighted by molar-refractivity contribution is 5.94. The third kappa shape index (κ3) is 10.4. The van der Waals surface area contributed by atoms with E-state index in [1.54, 1.807) is 13.8 Å². The third-order valence-electron chi connectivity index (χ3n) is 4.11. The number of aliphatic carboxylic acids is 3. The molecule has 0 aromatic rings. The van der Waals surface area contributed by atoms with Crippen LogP contribution in [-0.4, -0.2) is 86.8 Å². The minimum absolute atomic E-state index is 0.290. The molecule has 0 aromatic carbocycles. The maximum atomic E-state index is 12.5. The molecule has 0 aliphatic rings. The van der Waals surface area contributed by atoms with Gasteiger partial charge in [0, 0.05) is 6.42 Å². The molecule has 0 fully saturated rings. The van der Waals surface area contributed by atoms with Gasteiger partial charge in [-0.15, -0.1) is 0 Å². The van der Waals surface area contributed by atoms with Crippen molar-refractivity contribution in [1.29, 1.82) is 0 Å². The van der Waals surface area contributed by atoms with E-state index in [1.807, 2.05) is 5.32 Å². The van der Waals surface area contributed by atoms with Crippen molar-refractivity contribution in [2.45, 2.75) is 57.3 Å². The zero-order valence-corrected chi connectivity index (χ0v) is 17.0. The number of hydrogen-bond donors (Lipinski definition) is 8. The number of carbonyl (C=O) groups excluding carboxylic acids is 3. The van der Waals surface area contributed by atoms with Crippen LogP contribution in [0.3, 0.4) is 0 Å². The Labute approximate surface area is 177 Å². The lowest BCUT2D eigenvalue weighted by molar-refractivity contribution is -0.147. The molecule has 0 heterocycles. The lowest BCUT2D eigenvalue weighted by atomic mass is 10.0. The van der Waals surface area contributed by atoms with Crippen molar-refractivity contribution in [3.8, 4) is 0 Å². The zero-order chi connectivity index (χ0) is 24.3. The number of carbonyl (C=O) groups is 6. The van der Waals surface area contributed by atoms with E-state index >= 15 is 0 Å². The van der Waals surface area contributed by atoms with Gasteiger partial charge in [0.15, 0.2) is 0 Å². The normalized spacial score (nSPS) is 14.6. The minimum Gasteiger partial charge on any atom is -0.481 e. The van der Waals surface area contributed by atoms with Crippen LogP contribution in [0.5, 0.6) is 0 Å². The topological polar surface area (TPSA) is 245 Å². The van der Waals surface area contributed by atoms with Crippen LogP contribution in [-0.2, 0) is 28.8 Å². The fraction of sp³-hybridized carbons (Fsp3) is 0.647. The summed E-state index contributed by atoms with van der Waals surface area (Å²) in [5.74, 6) is -7.64. The van der Waals surface area contributed by atoms with E-state index in [1.165, 1.54) is 0 Å². The molecule has 0 bridgehead atoms. The molecule has 31 heavy (non-hydrogen) atoms. The molecule has 4 unspecified atom stereocenters. The van der Waals surface area contributed by atoms with E-state index in [9.17, 15) is 33.9 Å². The monoisotopic (exact) mass is 448 g/mol. The molecule has 0 aromatic heterocycles. The standard InChI is InChI=1S/C17H28N4O10/c1-7(2)13(18)16(29)19-8(3-4-11(23)24)14(27)21-10(6-22)15(28)20-9(17(30)31)5-12(25)26/h7-10,13,22H,3-6,18H2,1-2H3,(H,19,29)(H,20,28)(H,21,27)(H,23,24)(H,25,26)(H,30,31). The Morgan fingerprint density at radius 1 is 0.774 bits per heavy atom. The average Bonchev–Trinajstić information content (AvgIpc) is 2.66. The summed E-state index contributed by atoms with van der Waals surface area (Å²) in [6, 6.07) is -5.91. The number of hydrogen-bond acceptors (Lipinski definition) is 8. The molecule has 0 aliphatic heterocycles. The number of nitrogens with two attached hydrogens (primary N) is 1. The maximum absolute atomic E-state index is 12.5. The number of amides is 3. The lowest BCUT2D eigenvalue weighted by Crippen LogP contribution is -2.58. The molecule has 0 aliphatic carbocycles. The largest absolute Gasteiger partial charge is 0.481 e. The summed E-state index contributed by atoms with van der Waals surface area (Å²) in [6.07, 6.45) is -1.81. The van der Waals surface area contributed by atoms with Gasteiger partial charge < -0.3 is 42.1 Å². The first kappa shape index (κ1) is 27.7. The van der Waals surface area contributed by atoms with Gasteiger partial charge in [-0.05, 0) is 12.3 Å². The Balaban J connectivity index is 5.32. The highest BCUT2D eigenvalue weighted by atomic mass is 16.4. The highest BCUT2D eigenvalue weighted by Gasteiger charge is 2.31. The number of rotatable bonds is 14. The smallest absolute Gasteiger partial charge is 0.326 e. The number of carboxylic acid groups (broad SMARTS) is 3. The zero-order valence-electron chi connectivity index (χ0n) is 17.0. The van der Waals surface area contributed by atoms with Crippen LogP contribution in [0, 0.1) is 5.92 Å². The van der Waals surface area contributed by atoms with Crippen molar-refractivity contribution >= 4 is 35.6 Å². The molecular weight excluding hydrogens is 420 g/mol. The molecule has 3 amide bonds. The van der Waals surface area contributed by atoms with Crippen molar-refractivity contribution < 1.29 is 49.2 Å². The summed E-state index contributed by atoms with van der Waals surface area (Å²) in [6.45, 7) is 2.32. The van der Waals surface area contributed by atoms with E-state index in [2.05, 4.69) is 10.6 Å². The molecule has 14 heteroatoms. The number of aliphatic hydroxyl groups is 1. The van der Waals surface area contributed by atoms with Gasteiger partial charge in [0.25, 0.3) is 0 Å². The highest BCUT2D eigenvalue weighted by Crippen LogP contribution is 2.04. The fourth-order valence-corrected chi connectivity index (χ4v) is 2.22. The van der Waals surface area contributed by atoms with Crippen molar-refractivity contribution in [2.75, 3.05) is 6.61 Å². The van der Waals surface area contributed by atoms with Crippen LogP contribution in [0.4, 0.5) is 0 Å². The molecule has 0 rings (SSSR count). The van der Waals surface area contributed by atoms with E-state index in [4.69, 9.17) is 21.1 Å². The van der Waals surface area contributed by atoms with Gasteiger partial charge in [0.1, 0.15) is 18.1 Å². The van der Waals surface area contributed by atoms with Gasteiger partial charge in [-0.25, -0.2) is 4.79 Å². The number of aliphatic hydroxyl groups excluding tert-OH is 1. The first-order valence-corrected chi connectivity index (χ1v) is 9.24. The summed E-state index contributed by atoms with van der Waals surface area (Å²) >= 11 is 0. The minimum atomic E-state index is -1.82. The van der Waals surface area contributed by atoms with E-state index in [-0.39, 0.29) is 12.3 Å². The molecule has 0 saturated heterocycles. The lowest BCUT2D eigenvalue weighted by Gasteiger charge is -2.24. The summed E-state index contributed by atoms with van der Waals surface area (Å²) < 4.78 is 0. The second-order valence-corrected chi connectivity index (χ2v) is 7.00. The molecule has 9 N–H and O–H groups in total. The Hall–Kier alpha value is -3.26. The van der Waals surface area contributed by atoms with Crippen LogP contribution < -0.4 is 21.7 Å². The second kappa shape index (κ2) is 13.1. The van der Waals surface area contributed by atoms with E-state index in [0.29, 0.717) is 0 Å². The summed E-state index contributed by atoms with van der Waals surface area (Å²) in [7, 11) is 0. The van der Waals surface area contributed by atoms with E-state index in [0.717, 1.165) is 0 Å². The van der Waals surface area contributed by atoms with Gasteiger partial charge in [0.2, 0.25) is 17.7 Å². The Morgan fingerprint density at radius 2 is 1.26 bits per heavy atom. The van der Waals surface area contributed by atoms with Gasteiger partial charge in [-0.2, -0.15) is 0 Å². The van der Waals surface area contributed by atoms with Gasteiger partial charge >= 0.3 is 17.9 Å². The molecule has 176 valence electrons. The van der Waals surface area contributed by atoms with Crippen molar-refractivity contribution in [1.82, 2.24) is 16.0 Å². The molecule has 14 nitrogen and oxygen atoms in total. The van der Waals surface area contributed by atoms with Gasteiger partial charge in [0.05, 0.1) is 19.1 Å². The van der Waals surface area contributed by atoms with Crippen LogP contribution in [0.15, 0.2) is 0 Å². The van der Waals surface area contributed by atoms with E-state index < -0.39 is 79.2 Å². The number of carboxylic acids is 3. The predicted octanol–water partition coefficient (Wildman–Crippen LogP) is -3.16. The summed E-state index contributed by atoms with van der Waals surface area (Å²) in [5.41, 5.74) is 5.70. The van der Waals surface area contributed by atoms with Crippen LogP contribution in [0.1, 0.15) is 33.1 Å². The van der Waals surface area contributed by atoms with Crippen molar-refractivity contribution in [3.63, 3.8) is 0 Å². The van der Waals surface area contributed by atoms with Crippen LogP contribution in [0.2, 0.25) is 0 Å². The maximum Gasteiger partial charge on any atom is 0.326 e. The first-order valence-electron chi connectivity index (χ1n) is 9.24. The Kier molecular flexibility index (Phi) is 11.7. The molecule has 4 atom stereocenters. The number of nitrogens with one attached hydrogen (secondary N) is 3. The van der Waals surface area contributed by atoms with Gasteiger partial charge in [-0.1, -0.05) is 13.8 Å². The second-order valence-electron chi connectivity index (χ2n) is 7.00. The SMILES string of the molecule is CC(C)C(N)C(=O)NC(CCC(=O)O)C(=O)NC(CO)C(=O)NC(CC(=O)O)C(=O)O. The third-order valence-corrected chi connectivity index (χ3v) is 4.11. The van der Waals surface area contributed by atoms with Crippen LogP contribution in [0.25, 0.3) is 0 Å². The first-order chi connectivity index (χ1) is 14.3. The fourth-order valence-electron chi connectivity index (χ4n) is 2.22. The summed E-state index contributed by atoms with van der Waals surface area (Å²) in [4.78, 5) is 69.4. The predicted molar refractivity (Wildman–Crippen MR) is 102 cm³/mol. The average molecular weight is 448 g/mol. The van der Waals surface area contributed by atoms with Crippen molar-refractivity contribution in [2.24, 2.45) is 11.7 Å². The molecule has 0 saturated carbocycles.